The predicted molar refractivity (Wildman–Crippen MR) is 154 cm³/mol. The van der Waals surface area contributed by atoms with Gasteiger partial charge in [-0.25, -0.2) is 4.68 Å². The van der Waals surface area contributed by atoms with Crippen molar-refractivity contribution >= 4 is 28.3 Å². The molecule has 7 heteroatoms. The van der Waals surface area contributed by atoms with Gasteiger partial charge >= 0.3 is 0 Å². The smallest absolute Gasteiger partial charge is 0.255 e. The molecule has 0 unspecified atom stereocenters. The monoisotopic (exact) mass is 515 g/mol. The van der Waals surface area contributed by atoms with E-state index in [0.717, 1.165) is 39.4 Å². The number of hydrogen-bond acceptors (Lipinski definition) is 5. The molecule has 2 heterocycles. The number of amides is 1. The van der Waals surface area contributed by atoms with Crippen LogP contribution in [0.3, 0.4) is 0 Å². The van der Waals surface area contributed by atoms with E-state index in [4.69, 9.17) is 4.74 Å². The van der Waals surface area contributed by atoms with E-state index in [1.807, 2.05) is 69.3 Å². The van der Waals surface area contributed by atoms with Crippen molar-refractivity contribution in [1.29, 1.82) is 0 Å². The highest BCUT2D eigenvalue weighted by Crippen LogP contribution is 2.36. The number of aromatic nitrogens is 3. The lowest BCUT2D eigenvalue weighted by atomic mass is 9.94. The third-order valence-corrected chi connectivity index (χ3v) is 7.14. The Morgan fingerprint density at radius 3 is 2.59 bits per heavy atom. The van der Waals surface area contributed by atoms with Gasteiger partial charge < -0.3 is 15.4 Å². The number of ether oxygens (including phenoxy) is 1. The molecule has 194 valence electrons. The largest absolute Gasteiger partial charge is 0.489 e. The lowest BCUT2D eigenvalue weighted by Crippen LogP contribution is -2.31. The second kappa shape index (κ2) is 10.1. The maximum atomic E-state index is 13.7. The zero-order valence-electron chi connectivity index (χ0n) is 22.1. The fraction of sp³-hybridized carbons (Fsp3) is 0.156. The van der Waals surface area contributed by atoms with E-state index in [1.54, 1.807) is 4.68 Å². The van der Waals surface area contributed by atoms with E-state index in [1.165, 1.54) is 17.1 Å². The zero-order valence-corrected chi connectivity index (χ0v) is 22.1. The molecule has 0 radical (unpaired) electrons. The first-order chi connectivity index (χ1) is 19.0. The van der Waals surface area contributed by atoms with Crippen LogP contribution in [0.1, 0.15) is 35.2 Å². The first-order valence-electron chi connectivity index (χ1n) is 12.9. The Morgan fingerprint density at radius 2 is 1.77 bits per heavy atom. The van der Waals surface area contributed by atoms with Gasteiger partial charge in [0.05, 0.1) is 5.57 Å². The third kappa shape index (κ3) is 4.75. The lowest BCUT2D eigenvalue weighted by molar-refractivity contribution is -0.113. The number of aryl methyl sites for hydroxylation is 2. The van der Waals surface area contributed by atoms with Crippen LogP contribution in [-0.2, 0) is 11.4 Å². The molecule has 5 aromatic rings. The Hall–Kier alpha value is -4.91. The van der Waals surface area contributed by atoms with Crippen molar-refractivity contribution in [1.82, 2.24) is 14.8 Å². The molecule has 1 amide bonds. The minimum Gasteiger partial charge on any atom is -0.489 e. The highest BCUT2D eigenvalue weighted by molar-refractivity contribution is 6.06. The van der Waals surface area contributed by atoms with Crippen molar-refractivity contribution in [3.05, 3.63) is 125 Å². The maximum absolute atomic E-state index is 13.7. The van der Waals surface area contributed by atoms with E-state index in [0.29, 0.717) is 18.1 Å². The number of nitrogens with zero attached hydrogens (tertiary/aromatic N) is 3. The normalized spacial score (nSPS) is 14.6. The molecule has 39 heavy (non-hydrogen) atoms. The molecule has 2 N–H and O–H groups in total. The standard InChI is InChI=1S/C32H29N5O2/c1-20-11-16-28(21(2)17-20)36-31(38)29-22(3)35-32-33-19-34-37(32)30(29)24-12-14-26(15-13-24)39-18-25-9-6-8-23-7-4-5-10-27(23)25/h4-17,19,30H,18H2,1-3H3,(H,36,38)(H,33,34,35)/t30-/m1/s1. The summed E-state index contributed by atoms with van der Waals surface area (Å²) in [5.41, 5.74) is 6.30. The Kier molecular flexibility index (Phi) is 6.32. The van der Waals surface area contributed by atoms with E-state index < -0.39 is 6.04 Å². The maximum Gasteiger partial charge on any atom is 0.255 e. The van der Waals surface area contributed by atoms with Crippen LogP contribution in [0.4, 0.5) is 11.6 Å². The highest BCUT2D eigenvalue weighted by Gasteiger charge is 2.33. The highest BCUT2D eigenvalue weighted by atomic mass is 16.5. The molecule has 1 atom stereocenters. The molecule has 1 aromatic heterocycles. The number of nitrogens with one attached hydrogen (secondary N) is 2. The van der Waals surface area contributed by atoms with E-state index in [9.17, 15) is 4.79 Å². The van der Waals surface area contributed by atoms with Gasteiger partial charge in [0.2, 0.25) is 5.95 Å². The van der Waals surface area contributed by atoms with Crippen molar-refractivity contribution in [3.63, 3.8) is 0 Å². The summed E-state index contributed by atoms with van der Waals surface area (Å²) in [4.78, 5) is 18.0. The van der Waals surface area contributed by atoms with Crippen LogP contribution < -0.4 is 15.4 Å². The van der Waals surface area contributed by atoms with Gasteiger partial charge in [-0.3, -0.25) is 4.79 Å². The number of allylic oxidation sites excluding steroid dienone is 1. The number of hydrogen-bond donors (Lipinski definition) is 2. The molecule has 0 saturated heterocycles. The van der Waals surface area contributed by atoms with Crippen molar-refractivity contribution in [2.45, 2.75) is 33.4 Å². The molecule has 0 fully saturated rings. The Balaban J connectivity index is 1.27. The van der Waals surface area contributed by atoms with Gasteiger partial charge in [-0.1, -0.05) is 72.3 Å². The van der Waals surface area contributed by atoms with Crippen LogP contribution in [0.5, 0.6) is 5.75 Å². The lowest BCUT2D eigenvalue weighted by Gasteiger charge is -2.29. The summed E-state index contributed by atoms with van der Waals surface area (Å²) in [5, 5.41) is 13.1. The first-order valence-corrected chi connectivity index (χ1v) is 12.9. The van der Waals surface area contributed by atoms with Crippen molar-refractivity contribution in [2.24, 2.45) is 0 Å². The topological polar surface area (TPSA) is 81.1 Å². The number of benzene rings is 4. The van der Waals surface area contributed by atoms with Crippen molar-refractivity contribution < 1.29 is 9.53 Å². The minimum atomic E-state index is -0.443. The molecule has 0 bridgehead atoms. The Labute approximate surface area is 227 Å². The second-order valence-corrected chi connectivity index (χ2v) is 9.86. The van der Waals surface area contributed by atoms with Crippen LogP contribution in [0.2, 0.25) is 0 Å². The van der Waals surface area contributed by atoms with Crippen LogP contribution in [0.25, 0.3) is 10.8 Å². The third-order valence-electron chi connectivity index (χ3n) is 7.14. The fourth-order valence-corrected chi connectivity index (χ4v) is 5.16. The molecular formula is C32H29N5O2. The summed E-state index contributed by atoms with van der Waals surface area (Å²) in [7, 11) is 0. The summed E-state index contributed by atoms with van der Waals surface area (Å²) in [6.07, 6.45) is 1.50. The summed E-state index contributed by atoms with van der Waals surface area (Å²) in [5.74, 6) is 1.16. The van der Waals surface area contributed by atoms with Gasteiger partial charge in [-0.15, -0.1) is 0 Å². The van der Waals surface area contributed by atoms with Gasteiger partial charge in [0, 0.05) is 11.4 Å². The van der Waals surface area contributed by atoms with Gasteiger partial charge in [0.25, 0.3) is 5.91 Å². The van der Waals surface area contributed by atoms with Crippen molar-refractivity contribution in [2.75, 3.05) is 10.6 Å². The molecule has 1 aliphatic rings. The van der Waals surface area contributed by atoms with Crippen LogP contribution in [0, 0.1) is 13.8 Å². The van der Waals surface area contributed by atoms with Crippen LogP contribution >= 0.6 is 0 Å². The molecule has 1 aliphatic heterocycles. The molecule has 0 saturated carbocycles. The number of fused-ring (bicyclic) bond motifs is 2. The van der Waals surface area contributed by atoms with Crippen LogP contribution in [-0.4, -0.2) is 20.7 Å². The average Bonchev–Trinajstić information content (AvgIpc) is 3.41. The number of anilines is 2. The Bertz CT molecular complexity index is 1710. The Morgan fingerprint density at radius 1 is 0.974 bits per heavy atom. The SMILES string of the molecule is CC1=C(C(=O)Nc2ccc(C)cc2C)[C@@H](c2ccc(OCc3cccc4ccccc34)cc2)n2ncnc2N1. The number of rotatable bonds is 6. The molecule has 6 rings (SSSR count). The molecular weight excluding hydrogens is 486 g/mol. The quantitative estimate of drug-likeness (QED) is 0.268. The van der Waals surface area contributed by atoms with Crippen LogP contribution in [0.15, 0.2) is 103 Å². The molecule has 4 aromatic carbocycles. The number of carbonyl (C=O) groups excluding carboxylic acids is 1. The fourth-order valence-electron chi connectivity index (χ4n) is 5.16. The molecule has 0 aliphatic carbocycles. The summed E-state index contributed by atoms with van der Waals surface area (Å²) >= 11 is 0. The molecule has 0 spiro atoms. The van der Waals surface area contributed by atoms with E-state index in [-0.39, 0.29) is 5.91 Å². The summed E-state index contributed by atoms with van der Waals surface area (Å²) < 4.78 is 7.90. The summed E-state index contributed by atoms with van der Waals surface area (Å²) in [6.45, 7) is 6.38. The average molecular weight is 516 g/mol. The van der Waals surface area contributed by atoms with Gasteiger partial charge in [0.15, 0.2) is 0 Å². The zero-order chi connectivity index (χ0) is 26.9. The van der Waals surface area contributed by atoms with Crippen molar-refractivity contribution in [3.8, 4) is 5.75 Å². The van der Waals surface area contributed by atoms with Gasteiger partial charge in [0.1, 0.15) is 24.7 Å². The minimum absolute atomic E-state index is 0.186. The van der Waals surface area contributed by atoms with Gasteiger partial charge in [-0.2, -0.15) is 10.1 Å². The molecule has 7 nitrogen and oxygen atoms in total. The first kappa shape index (κ1) is 24.4. The van der Waals surface area contributed by atoms with E-state index >= 15 is 0 Å². The second-order valence-electron chi connectivity index (χ2n) is 9.86. The summed E-state index contributed by atoms with van der Waals surface area (Å²) in [6, 6.07) is 27.9. The number of carbonyl (C=O) groups is 1. The predicted octanol–water partition coefficient (Wildman–Crippen LogP) is 6.55. The van der Waals surface area contributed by atoms with E-state index in [2.05, 4.69) is 57.1 Å². The van der Waals surface area contributed by atoms with Gasteiger partial charge in [-0.05, 0) is 66.4 Å².